The highest BCUT2D eigenvalue weighted by Crippen LogP contribution is 2.44. The summed E-state index contributed by atoms with van der Waals surface area (Å²) in [5.74, 6) is 0.176. The zero-order valence-corrected chi connectivity index (χ0v) is 13.8. The summed E-state index contributed by atoms with van der Waals surface area (Å²) < 4.78 is 5.24. The summed E-state index contributed by atoms with van der Waals surface area (Å²) in [5, 5.41) is 14.8. The van der Waals surface area contributed by atoms with Gasteiger partial charge in [0.2, 0.25) is 5.72 Å². The van der Waals surface area contributed by atoms with Gasteiger partial charge in [-0.05, 0) is 18.2 Å². The first-order chi connectivity index (χ1) is 10.9. The molecule has 0 saturated carbocycles. The highest BCUT2D eigenvalue weighted by Gasteiger charge is 2.51. The number of hydrogen-bond acceptors (Lipinski definition) is 4. The van der Waals surface area contributed by atoms with Gasteiger partial charge in [-0.2, -0.15) is 0 Å². The van der Waals surface area contributed by atoms with E-state index in [2.05, 4.69) is 0 Å². The largest absolute Gasteiger partial charge is 0.495 e. The van der Waals surface area contributed by atoms with Crippen molar-refractivity contribution >= 4 is 17.5 Å². The molecule has 1 heterocycles. The van der Waals surface area contributed by atoms with Gasteiger partial charge < -0.3 is 9.84 Å². The van der Waals surface area contributed by atoms with E-state index in [4.69, 9.17) is 16.3 Å². The summed E-state index contributed by atoms with van der Waals surface area (Å²) in [6, 6.07) is 12.0. The number of hydrazine groups is 1. The van der Waals surface area contributed by atoms with Crippen LogP contribution in [0.1, 0.15) is 21.5 Å². The fourth-order valence-corrected chi connectivity index (χ4v) is 3.17. The van der Waals surface area contributed by atoms with E-state index in [-0.39, 0.29) is 5.91 Å². The number of benzene rings is 2. The zero-order chi connectivity index (χ0) is 16.8. The quantitative estimate of drug-likeness (QED) is 0.938. The number of amides is 1. The van der Waals surface area contributed by atoms with Gasteiger partial charge in [0.15, 0.2) is 0 Å². The minimum atomic E-state index is -1.62. The molecule has 0 aromatic heterocycles. The molecule has 23 heavy (non-hydrogen) atoms. The molecule has 0 aliphatic carbocycles. The molecule has 1 aliphatic rings. The molecule has 6 heteroatoms. The standard InChI is InChI=1S/C17H17ClN2O3/c1-19(2)20-16(21)12-6-4-5-7-13(12)17(20,22)11-8-9-14(18)15(10-11)23-3/h4-10,22H,1-3H3. The third-order valence-electron chi connectivity index (χ3n) is 3.99. The lowest BCUT2D eigenvalue weighted by Crippen LogP contribution is -2.51. The second kappa shape index (κ2) is 5.53. The number of ether oxygens (including phenoxy) is 1. The number of hydrogen-bond donors (Lipinski definition) is 1. The topological polar surface area (TPSA) is 53.0 Å². The third kappa shape index (κ3) is 2.20. The number of carbonyl (C=O) groups excluding carboxylic acids is 1. The summed E-state index contributed by atoms with van der Waals surface area (Å²) in [6.07, 6.45) is 0. The molecule has 5 nitrogen and oxygen atoms in total. The Bertz CT molecular complexity index is 778. The number of rotatable bonds is 3. The number of carbonyl (C=O) groups is 1. The fourth-order valence-electron chi connectivity index (χ4n) is 2.97. The van der Waals surface area contributed by atoms with Crippen LogP contribution >= 0.6 is 11.6 Å². The van der Waals surface area contributed by atoms with Crippen molar-refractivity contribution in [2.24, 2.45) is 0 Å². The Labute approximate surface area is 139 Å². The Balaban J connectivity index is 2.27. The zero-order valence-electron chi connectivity index (χ0n) is 13.1. The molecule has 0 bridgehead atoms. The van der Waals surface area contributed by atoms with Gasteiger partial charge in [0, 0.05) is 30.8 Å². The lowest BCUT2D eigenvalue weighted by atomic mass is 9.94. The minimum Gasteiger partial charge on any atom is -0.495 e. The van der Waals surface area contributed by atoms with Gasteiger partial charge in [-0.15, -0.1) is 0 Å². The number of methoxy groups -OCH3 is 1. The van der Waals surface area contributed by atoms with Crippen LogP contribution in [0, 0.1) is 0 Å². The van der Waals surface area contributed by atoms with Crippen molar-refractivity contribution in [3.05, 3.63) is 64.2 Å². The van der Waals surface area contributed by atoms with Crippen LogP contribution < -0.4 is 4.74 Å². The van der Waals surface area contributed by atoms with Crippen molar-refractivity contribution in [3.63, 3.8) is 0 Å². The Morgan fingerprint density at radius 1 is 1.22 bits per heavy atom. The van der Waals surface area contributed by atoms with Crippen molar-refractivity contribution in [1.29, 1.82) is 0 Å². The minimum absolute atomic E-state index is 0.262. The molecule has 0 saturated heterocycles. The van der Waals surface area contributed by atoms with Gasteiger partial charge in [0.25, 0.3) is 5.91 Å². The summed E-state index contributed by atoms with van der Waals surface area (Å²) in [7, 11) is 4.93. The SMILES string of the molecule is COc1cc(C2(O)c3ccccc3C(=O)N2N(C)C)ccc1Cl. The number of aliphatic hydroxyl groups is 1. The maximum Gasteiger partial charge on any atom is 0.271 e. The Kier molecular flexibility index (Phi) is 3.80. The van der Waals surface area contributed by atoms with Crippen LogP contribution in [0.4, 0.5) is 0 Å². The molecule has 120 valence electrons. The molecule has 1 aliphatic heterocycles. The second-order valence-corrected chi connectivity index (χ2v) is 5.94. The van der Waals surface area contributed by atoms with E-state index >= 15 is 0 Å². The first-order valence-electron chi connectivity index (χ1n) is 7.09. The Morgan fingerprint density at radius 3 is 2.57 bits per heavy atom. The summed E-state index contributed by atoms with van der Waals surface area (Å²) in [6.45, 7) is 0. The van der Waals surface area contributed by atoms with Gasteiger partial charge in [0.1, 0.15) is 5.75 Å². The third-order valence-corrected chi connectivity index (χ3v) is 4.30. The maximum atomic E-state index is 12.7. The van der Waals surface area contributed by atoms with Gasteiger partial charge in [-0.3, -0.25) is 4.79 Å². The number of fused-ring (bicyclic) bond motifs is 1. The monoisotopic (exact) mass is 332 g/mol. The molecule has 1 unspecified atom stereocenters. The van der Waals surface area contributed by atoms with Crippen LogP contribution in [0.5, 0.6) is 5.75 Å². The lowest BCUT2D eigenvalue weighted by molar-refractivity contribution is -0.136. The first-order valence-corrected chi connectivity index (χ1v) is 7.46. The molecule has 2 aromatic rings. The molecular weight excluding hydrogens is 316 g/mol. The summed E-state index contributed by atoms with van der Waals surface area (Å²) in [4.78, 5) is 12.7. The van der Waals surface area contributed by atoms with E-state index in [0.717, 1.165) is 0 Å². The predicted molar refractivity (Wildman–Crippen MR) is 87.3 cm³/mol. The number of nitrogens with zero attached hydrogens (tertiary/aromatic N) is 2. The van der Waals surface area contributed by atoms with E-state index < -0.39 is 5.72 Å². The van der Waals surface area contributed by atoms with Gasteiger partial charge in [-0.1, -0.05) is 35.9 Å². The van der Waals surface area contributed by atoms with Crippen LogP contribution in [0.3, 0.4) is 0 Å². The second-order valence-electron chi connectivity index (χ2n) is 5.53. The molecule has 2 aromatic carbocycles. The molecule has 0 radical (unpaired) electrons. The van der Waals surface area contributed by atoms with Crippen molar-refractivity contribution in [1.82, 2.24) is 10.0 Å². The van der Waals surface area contributed by atoms with Crippen LogP contribution in [0.15, 0.2) is 42.5 Å². The van der Waals surface area contributed by atoms with Gasteiger partial charge >= 0.3 is 0 Å². The van der Waals surface area contributed by atoms with Crippen LogP contribution in [0.2, 0.25) is 5.02 Å². The van der Waals surface area contributed by atoms with Crippen molar-refractivity contribution in [3.8, 4) is 5.75 Å². The lowest BCUT2D eigenvalue weighted by Gasteiger charge is -2.38. The normalized spacial score (nSPS) is 20.1. The van der Waals surface area contributed by atoms with Crippen molar-refractivity contribution < 1.29 is 14.6 Å². The van der Waals surface area contributed by atoms with E-state index in [1.807, 2.05) is 0 Å². The summed E-state index contributed by atoms with van der Waals surface area (Å²) in [5.41, 5.74) is -0.110. The molecule has 0 spiro atoms. The first kappa shape index (κ1) is 15.8. The molecule has 1 amide bonds. The molecule has 3 rings (SSSR count). The Morgan fingerprint density at radius 2 is 1.91 bits per heavy atom. The van der Waals surface area contributed by atoms with E-state index in [0.29, 0.717) is 27.5 Å². The van der Waals surface area contributed by atoms with Gasteiger partial charge in [-0.25, -0.2) is 10.0 Å². The average Bonchev–Trinajstić information content (AvgIpc) is 2.77. The van der Waals surface area contributed by atoms with Crippen LogP contribution in [-0.2, 0) is 5.72 Å². The van der Waals surface area contributed by atoms with E-state index in [1.165, 1.54) is 12.1 Å². The average molecular weight is 333 g/mol. The highest BCUT2D eigenvalue weighted by atomic mass is 35.5. The van der Waals surface area contributed by atoms with Crippen LogP contribution in [0.25, 0.3) is 0 Å². The Hall–Kier alpha value is -2.08. The number of halogens is 1. The highest BCUT2D eigenvalue weighted by molar-refractivity contribution is 6.32. The van der Waals surface area contributed by atoms with E-state index in [9.17, 15) is 9.90 Å². The van der Waals surface area contributed by atoms with E-state index in [1.54, 1.807) is 61.6 Å². The van der Waals surface area contributed by atoms with Crippen molar-refractivity contribution in [2.45, 2.75) is 5.72 Å². The molecular formula is C17H17ClN2O3. The fraction of sp³-hybridized carbons (Fsp3) is 0.235. The molecule has 1 atom stereocenters. The summed E-state index contributed by atoms with van der Waals surface area (Å²) >= 11 is 6.08. The molecule has 1 N–H and O–H groups in total. The maximum absolute atomic E-state index is 12.7. The van der Waals surface area contributed by atoms with Crippen LogP contribution in [-0.4, -0.2) is 42.2 Å². The predicted octanol–water partition coefficient (Wildman–Crippen LogP) is 2.47. The van der Waals surface area contributed by atoms with Gasteiger partial charge in [0.05, 0.1) is 12.1 Å². The molecule has 0 fully saturated rings. The smallest absolute Gasteiger partial charge is 0.271 e. The van der Waals surface area contributed by atoms with Crippen molar-refractivity contribution in [2.75, 3.05) is 21.2 Å².